The SMILES string of the molecule is COc1nc(N)nc(Nc2cc(S(N)(=O)=O)ccc2N[C@@H](c2cccc3c2OC(F)(F)O3)c2ncccc2Cl)n1. The van der Waals surface area contributed by atoms with Crippen LogP contribution in [0.4, 0.5) is 32.1 Å². The Bertz CT molecular complexity index is 1710. The first kappa shape index (κ1) is 27.0. The van der Waals surface area contributed by atoms with E-state index in [1.54, 1.807) is 12.1 Å². The number of primary sulfonamides is 1. The minimum Gasteiger partial charge on any atom is -0.467 e. The molecule has 40 heavy (non-hydrogen) atoms. The molecule has 0 saturated carbocycles. The Morgan fingerprint density at radius 1 is 1.07 bits per heavy atom. The molecule has 2 aromatic carbocycles. The molecule has 2 aromatic heterocycles. The number of nitrogens with two attached hydrogens (primary N) is 2. The lowest BCUT2D eigenvalue weighted by atomic mass is 10.0. The Hall–Kier alpha value is -4.54. The second kappa shape index (κ2) is 10.2. The molecule has 0 saturated heterocycles. The van der Waals surface area contributed by atoms with Crippen LogP contribution in [0.5, 0.6) is 17.5 Å². The summed E-state index contributed by atoms with van der Waals surface area (Å²) in [6.45, 7) is 0. The molecular weight excluding hydrogens is 574 g/mol. The fourth-order valence-electron chi connectivity index (χ4n) is 3.85. The van der Waals surface area contributed by atoms with Gasteiger partial charge in [-0.1, -0.05) is 23.7 Å². The molecular formula is C23H19ClF2N8O5S. The van der Waals surface area contributed by atoms with E-state index in [-0.39, 0.29) is 62.0 Å². The monoisotopic (exact) mass is 592 g/mol. The molecule has 13 nitrogen and oxygen atoms in total. The maximum atomic E-state index is 14.0. The number of sulfonamides is 1. The number of aromatic nitrogens is 4. The van der Waals surface area contributed by atoms with Crippen molar-refractivity contribution in [2.45, 2.75) is 17.2 Å². The Balaban J connectivity index is 1.64. The third kappa shape index (κ3) is 5.58. The third-order valence-electron chi connectivity index (χ3n) is 5.51. The number of nitrogen functional groups attached to an aromatic ring is 1. The molecule has 1 atom stereocenters. The number of nitrogens with zero attached hydrogens (tertiary/aromatic N) is 4. The summed E-state index contributed by atoms with van der Waals surface area (Å²) in [6, 6.07) is 10.2. The number of fused-ring (bicyclic) bond motifs is 1. The zero-order valence-corrected chi connectivity index (χ0v) is 21.9. The van der Waals surface area contributed by atoms with E-state index in [9.17, 15) is 17.2 Å². The first-order valence-electron chi connectivity index (χ1n) is 11.2. The van der Waals surface area contributed by atoms with Gasteiger partial charge in [-0.05, 0) is 36.4 Å². The minimum absolute atomic E-state index is 0.0941. The summed E-state index contributed by atoms with van der Waals surface area (Å²) in [7, 11) is -2.82. The fourth-order valence-corrected chi connectivity index (χ4v) is 4.62. The van der Waals surface area contributed by atoms with Gasteiger partial charge >= 0.3 is 12.3 Å². The van der Waals surface area contributed by atoms with Crippen LogP contribution in [0.1, 0.15) is 17.3 Å². The molecule has 0 spiro atoms. The summed E-state index contributed by atoms with van der Waals surface area (Å²) in [4.78, 5) is 15.9. The van der Waals surface area contributed by atoms with Crippen molar-refractivity contribution in [1.82, 2.24) is 19.9 Å². The predicted octanol–water partition coefficient (Wildman–Crippen LogP) is 3.42. The Labute approximate surface area is 230 Å². The number of ether oxygens (including phenoxy) is 3. The van der Waals surface area contributed by atoms with Crippen molar-refractivity contribution in [2.75, 3.05) is 23.5 Å². The van der Waals surface area contributed by atoms with E-state index in [2.05, 4.69) is 35.3 Å². The molecule has 6 N–H and O–H groups in total. The summed E-state index contributed by atoms with van der Waals surface area (Å²) in [5, 5.41) is 11.6. The van der Waals surface area contributed by atoms with Gasteiger partial charge in [0.15, 0.2) is 11.5 Å². The molecule has 0 bridgehead atoms. The highest BCUT2D eigenvalue weighted by Gasteiger charge is 2.45. The second-order valence-corrected chi connectivity index (χ2v) is 10.1. The van der Waals surface area contributed by atoms with E-state index >= 15 is 0 Å². The van der Waals surface area contributed by atoms with Gasteiger partial charge in [0, 0.05) is 11.8 Å². The van der Waals surface area contributed by atoms with Gasteiger partial charge in [-0.25, -0.2) is 13.6 Å². The lowest BCUT2D eigenvalue weighted by Crippen LogP contribution is -2.26. The molecule has 0 fully saturated rings. The molecule has 17 heteroatoms. The smallest absolute Gasteiger partial charge is 0.467 e. The van der Waals surface area contributed by atoms with E-state index in [0.717, 1.165) is 0 Å². The molecule has 3 heterocycles. The largest absolute Gasteiger partial charge is 0.586 e. The zero-order chi connectivity index (χ0) is 28.7. The van der Waals surface area contributed by atoms with Crippen LogP contribution in [0.15, 0.2) is 59.6 Å². The van der Waals surface area contributed by atoms with E-state index in [1.807, 2.05) is 0 Å². The minimum atomic E-state index is -4.14. The quantitative estimate of drug-likeness (QED) is 0.233. The predicted molar refractivity (Wildman–Crippen MR) is 139 cm³/mol. The number of nitrogens with one attached hydrogen (secondary N) is 2. The maximum Gasteiger partial charge on any atom is 0.586 e. The highest BCUT2D eigenvalue weighted by molar-refractivity contribution is 7.89. The number of anilines is 4. The number of alkyl halides is 2. The van der Waals surface area contributed by atoms with Gasteiger partial charge in [0.2, 0.25) is 21.9 Å². The van der Waals surface area contributed by atoms with Crippen molar-refractivity contribution in [3.63, 3.8) is 0 Å². The molecule has 0 unspecified atom stereocenters. The summed E-state index contributed by atoms with van der Waals surface area (Å²) in [6.07, 6.45) is -2.42. The molecule has 4 aromatic rings. The van der Waals surface area contributed by atoms with Crippen molar-refractivity contribution in [3.05, 3.63) is 71.0 Å². The molecule has 0 radical (unpaired) electrons. The number of hydrogen-bond acceptors (Lipinski definition) is 12. The van der Waals surface area contributed by atoms with Crippen LogP contribution in [-0.2, 0) is 10.0 Å². The normalized spacial score (nSPS) is 14.4. The van der Waals surface area contributed by atoms with Crippen LogP contribution < -0.4 is 35.7 Å². The molecule has 0 aliphatic carbocycles. The van der Waals surface area contributed by atoms with Gasteiger partial charge in [0.05, 0.1) is 40.1 Å². The number of rotatable bonds is 8. The van der Waals surface area contributed by atoms with Crippen LogP contribution in [0.25, 0.3) is 0 Å². The average Bonchev–Trinajstić information content (AvgIpc) is 3.21. The van der Waals surface area contributed by atoms with Crippen molar-refractivity contribution >= 4 is 44.9 Å². The summed E-state index contributed by atoms with van der Waals surface area (Å²) in [5.74, 6) is -0.708. The fraction of sp³-hybridized carbons (Fsp3) is 0.130. The molecule has 208 valence electrons. The van der Waals surface area contributed by atoms with Gasteiger partial charge in [-0.3, -0.25) is 4.98 Å². The van der Waals surface area contributed by atoms with E-state index in [1.165, 1.54) is 49.7 Å². The number of halogens is 3. The summed E-state index contributed by atoms with van der Waals surface area (Å²) in [5.41, 5.74) is 6.50. The standard InChI is InChI=1S/C23H19ClF2N8O5S/c1-37-22-33-20(27)32-21(34-22)31-15-10-11(40(28,35)36)7-8-14(15)30-17(18-13(24)5-3-9-29-18)12-4-2-6-16-19(12)39-23(25,26)38-16/h2-10,17,30H,1H3,(H2,28,35,36)(H3,27,31,32,33,34)/t17-/m0/s1. The van der Waals surface area contributed by atoms with Gasteiger partial charge in [0.25, 0.3) is 0 Å². The maximum absolute atomic E-state index is 14.0. The summed E-state index contributed by atoms with van der Waals surface area (Å²) < 4.78 is 66.7. The Morgan fingerprint density at radius 2 is 1.88 bits per heavy atom. The highest BCUT2D eigenvalue weighted by Crippen LogP contribution is 2.47. The lowest BCUT2D eigenvalue weighted by molar-refractivity contribution is -0.287. The van der Waals surface area contributed by atoms with Crippen LogP contribution in [0, 0.1) is 0 Å². The van der Waals surface area contributed by atoms with Crippen molar-refractivity contribution in [2.24, 2.45) is 5.14 Å². The lowest BCUT2D eigenvalue weighted by Gasteiger charge is -2.24. The molecule has 1 aliphatic heterocycles. The van der Waals surface area contributed by atoms with Gasteiger partial charge in [-0.2, -0.15) is 15.0 Å². The van der Waals surface area contributed by atoms with Crippen molar-refractivity contribution in [3.8, 4) is 17.5 Å². The van der Waals surface area contributed by atoms with E-state index in [4.69, 9.17) is 31.9 Å². The number of methoxy groups -OCH3 is 1. The molecule has 5 rings (SSSR count). The second-order valence-electron chi connectivity index (χ2n) is 8.17. The molecule has 0 amide bonds. The van der Waals surface area contributed by atoms with Crippen molar-refractivity contribution in [1.29, 1.82) is 0 Å². The van der Waals surface area contributed by atoms with Gasteiger partial charge in [-0.15, -0.1) is 8.78 Å². The first-order valence-corrected chi connectivity index (χ1v) is 13.1. The molecule has 1 aliphatic rings. The van der Waals surface area contributed by atoms with Crippen LogP contribution in [0.2, 0.25) is 5.02 Å². The van der Waals surface area contributed by atoms with Gasteiger partial charge in [0.1, 0.15) is 0 Å². The van der Waals surface area contributed by atoms with E-state index < -0.39 is 22.4 Å². The van der Waals surface area contributed by atoms with Crippen LogP contribution in [0.3, 0.4) is 0 Å². The van der Waals surface area contributed by atoms with Crippen LogP contribution in [-0.4, -0.2) is 41.8 Å². The summed E-state index contributed by atoms with van der Waals surface area (Å²) >= 11 is 6.46. The van der Waals surface area contributed by atoms with E-state index in [0.29, 0.717) is 0 Å². The van der Waals surface area contributed by atoms with Gasteiger partial charge < -0.3 is 30.6 Å². The third-order valence-corrected chi connectivity index (χ3v) is 6.74. The zero-order valence-electron chi connectivity index (χ0n) is 20.3. The number of pyridine rings is 1. The number of hydrogen-bond donors (Lipinski definition) is 4. The topological polar surface area (TPSA) is 189 Å². The van der Waals surface area contributed by atoms with Crippen molar-refractivity contribution < 1.29 is 31.4 Å². The number of benzene rings is 2. The first-order chi connectivity index (χ1) is 18.9. The highest BCUT2D eigenvalue weighted by atomic mass is 35.5. The van der Waals surface area contributed by atoms with Crippen LogP contribution >= 0.6 is 11.6 Å². The number of para-hydroxylation sites is 1. The Kier molecular flexibility index (Phi) is 6.91. The Morgan fingerprint density at radius 3 is 2.60 bits per heavy atom. The average molecular weight is 593 g/mol.